The van der Waals surface area contributed by atoms with E-state index in [4.69, 9.17) is 11.6 Å². The highest BCUT2D eigenvalue weighted by Gasteiger charge is 2.32. The number of carbonyl (C=O) groups is 1. The van der Waals surface area contributed by atoms with Gasteiger partial charge in [-0.3, -0.25) is 9.69 Å². The number of benzene rings is 1. The van der Waals surface area contributed by atoms with Gasteiger partial charge in [0, 0.05) is 23.0 Å². The fourth-order valence-corrected chi connectivity index (χ4v) is 4.44. The lowest BCUT2D eigenvalue weighted by molar-refractivity contribution is -0.137. The predicted molar refractivity (Wildman–Crippen MR) is 119 cm³/mol. The van der Waals surface area contributed by atoms with Gasteiger partial charge in [0.25, 0.3) is 0 Å². The number of halogens is 5. The van der Waals surface area contributed by atoms with E-state index < -0.39 is 17.6 Å². The maximum atomic E-state index is 14.1. The maximum absolute atomic E-state index is 14.1. The van der Waals surface area contributed by atoms with Gasteiger partial charge in [-0.15, -0.1) is 11.3 Å². The molecule has 0 aliphatic carbocycles. The molecule has 0 amide bonds. The van der Waals surface area contributed by atoms with E-state index in [-0.39, 0.29) is 40.4 Å². The van der Waals surface area contributed by atoms with Crippen LogP contribution in [0, 0.1) is 5.82 Å². The average Bonchev–Trinajstić information content (AvgIpc) is 3.13. The number of nitrogens with zero attached hydrogens (tertiary/aromatic N) is 4. The van der Waals surface area contributed by atoms with E-state index in [0.29, 0.717) is 29.0 Å². The quantitative estimate of drug-likeness (QED) is 0.277. The second kappa shape index (κ2) is 10.2. The number of alkyl halides is 3. The van der Waals surface area contributed by atoms with Crippen molar-refractivity contribution < 1.29 is 22.4 Å². The SMILES string of the molecule is CCN(Cc1sc(CC(=O)c2cnc(Cl)cn2)nc1-c1cc(F)cc(C(F)(F)F)c1)C(C)C. The van der Waals surface area contributed by atoms with Gasteiger partial charge in [0.05, 0.1) is 30.1 Å². The molecule has 0 atom stereocenters. The summed E-state index contributed by atoms with van der Waals surface area (Å²) in [5.41, 5.74) is -0.755. The van der Waals surface area contributed by atoms with Crippen LogP contribution in [0.5, 0.6) is 0 Å². The van der Waals surface area contributed by atoms with Crippen molar-refractivity contribution >= 4 is 28.7 Å². The average molecular weight is 501 g/mol. The van der Waals surface area contributed by atoms with E-state index in [0.717, 1.165) is 12.1 Å². The van der Waals surface area contributed by atoms with Crippen LogP contribution in [-0.2, 0) is 19.1 Å². The summed E-state index contributed by atoms with van der Waals surface area (Å²) in [6.07, 6.45) is -2.32. The molecule has 0 unspecified atom stereocenters. The number of rotatable bonds is 8. The zero-order valence-electron chi connectivity index (χ0n) is 18.1. The van der Waals surface area contributed by atoms with Gasteiger partial charge in [0.15, 0.2) is 5.78 Å². The third kappa shape index (κ3) is 6.33. The highest BCUT2D eigenvalue weighted by Crippen LogP contribution is 2.36. The molecule has 5 nitrogen and oxygen atoms in total. The second-order valence-electron chi connectivity index (χ2n) is 7.59. The van der Waals surface area contributed by atoms with Crippen LogP contribution < -0.4 is 0 Å². The molecule has 11 heteroatoms. The largest absolute Gasteiger partial charge is 0.416 e. The fourth-order valence-electron chi connectivity index (χ4n) is 3.23. The Balaban J connectivity index is 2.02. The molecule has 0 N–H and O–H groups in total. The van der Waals surface area contributed by atoms with Crippen LogP contribution in [0.2, 0.25) is 5.15 Å². The summed E-state index contributed by atoms with van der Waals surface area (Å²) >= 11 is 6.91. The van der Waals surface area contributed by atoms with Crippen LogP contribution in [0.4, 0.5) is 17.6 Å². The summed E-state index contributed by atoms with van der Waals surface area (Å²) in [6, 6.07) is 2.52. The number of hydrogen-bond acceptors (Lipinski definition) is 6. The van der Waals surface area contributed by atoms with Crippen LogP contribution in [0.15, 0.2) is 30.6 Å². The molecule has 2 heterocycles. The normalized spacial score (nSPS) is 12.1. The first-order valence-corrected chi connectivity index (χ1v) is 11.3. The first kappa shape index (κ1) is 25.2. The number of hydrogen-bond donors (Lipinski definition) is 0. The van der Waals surface area contributed by atoms with Crippen LogP contribution in [0.3, 0.4) is 0 Å². The molecule has 0 bridgehead atoms. The Morgan fingerprint density at radius 1 is 1.18 bits per heavy atom. The third-order valence-corrected chi connectivity index (χ3v) is 6.18. The maximum Gasteiger partial charge on any atom is 0.416 e. The molecule has 0 aliphatic rings. The van der Waals surface area contributed by atoms with Gasteiger partial charge in [-0.25, -0.2) is 19.3 Å². The van der Waals surface area contributed by atoms with Gasteiger partial charge in [0.2, 0.25) is 0 Å². The van der Waals surface area contributed by atoms with E-state index in [2.05, 4.69) is 19.9 Å². The molecule has 0 aliphatic heterocycles. The zero-order chi connectivity index (χ0) is 24.3. The fraction of sp³-hybridized carbons (Fsp3) is 0.364. The molecule has 0 radical (unpaired) electrons. The molecular formula is C22H21ClF4N4OS. The van der Waals surface area contributed by atoms with Gasteiger partial charge in [-0.05, 0) is 38.6 Å². The molecule has 176 valence electrons. The van der Waals surface area contributed by atoms with Crippen molar-refractivity contribution in [3.05, 3.63) is 62.7 Å². The summed E-state index contributed by atoms with van der Waals surface area (Å²) in [5, 5.41) is 0.532. The van der Waals surface area contributed by atoms with Gasteiger partial charge in [-0.1, -0.05) is 18.5 Å². The number of aromatic nitrogens is 3. The van der Waals surface area contributed by atoms with Crippen molar-refractivity contribution in [2.45, 2.75) is 46.0 Å². The summed E-state index contributed by atoms with van der Waals surface area (Å²) < 4.78 is 53.9. The minimum Gasteiger partial charge on any atom is -0.296 e. The van der Waals surface area contributed by atoms with E-state index in [1.807, 2.05) is 20.8 Å². The molecule has 0 saturated carbocycles. The molecule has 1 aromatic carbocycles. The highest BCUT2D eigenvalue weighted by molar-refractivity contribution is 7.12. The first-order chi connectivity index (χ1) is 15.5. The van der Waals surface area contributed by atoms with E-state index >= 15 is 0 Å². The Morgan fingerprint density at radius 2 is 1.91 bits per heavy atom. The molecule has 33 heavy (non-hydrogen) atoms. The molecule has 0 spiro atoms. The smallest absolute Gasteiger partial charge is 0.296 e. The lowest BCUT2D eigenvalue weighted by atomic mass is 10.1. The summed E-state index contributed by atoms with van der Waals surface area (Å²) in [7, 11) is 0. The first-order valence-electron chi connectivity index (χ1n) is 10.1. The van der Waals surface area contributed by atoms with E-state index in [1.165, 1.54) is 23.7 Å². The van der Waals surface area contributed by atoms with E-state index in [1.54, 1.807) is 0 Å². The number of Topliss-reactive ketones (excluding diaryl/α,β-unsaturated/α-hetero) is 1. The Labute approximate surface area is 197 Å². The molecule has 0 fully saturated rings. The van der Waals surface area contributed by atoms with Crippen LogP contribution >= 0.6 is 22.9 Å². The highest BCUT2D eigenvalue weighted by atomic mass is 35.5. The van der Waals surface area contributed by atoms with Crippen molar-refractivity contribution in [1.29, 1.82) is 0 Å². The van der Waals surface area contributed by atoms with Gasteiger partial charge in [-0.2, -0.15) is 13.2 Å². The Bertz CT molecular complexity index is 1130. The minimum absolute atomic E-state index is 0.0124. The number of carbonyl (C=O) groups excluding carboxylic acids is 1. The van der Waals surface area contributed by atoms with Crippen LogP contribution in [0.1, 0.15) is 46.7 Å². The minimum atomic E-state index is -4.70. The molecule has 0 saturated heterocycles. The van der Waals surface area contributed by atoms with Crippen molar-refractivity contribution in [3.8, 4) is 11.3 Å². The van der Waals surface area contributed by atoms with Crippen LogP contribution in [-0.4, -0.2) is 38.2 Å². The summed E-state index contributed by atoms with van der Waals surface area (Å²) in [5.74, 6) is -1.37. The van der Waals surface area contributed by atoms with Crippen LogP contribution in [0.25, 0.3) is 11.3 Å². The Hall–Kier alpha value is -2.43. The monoisotopic (exact) mass is 500 g/mol. The lowest BCUT2D eigenvalue weighted by Crippen LogP contribution is -2.29. The summed E-state index contributed by atoms with van der Waals surface area (Å²) in [4.78, 5) is 27.6. The Morgan fingerprint density at radius 3 is 2.48 bits per heavy atom. The molecule has 2 aromatic heterocycles. The number of thiazole rings is 1. The van der Waals surface area contributed by atoms with Gasteiger partial charge < -0.3 is 0 Å². The van der Waals surface area contributed by atoms with Crippen molar-refractivity contribution in [2.24, 2.45) is 0 Å². The number of ketones is 1. The van der Waals surface area contributed by atoms with Gasteiger partial charge >= 0.3 is 6.18 Å². The predicted octanol–water partition coefficient (Wildman–Crippen LogP) is 6.07. The van der Waals surface area contributed by atoms with E-state index in [9.17, 15) is 22.4 Å². The zero-order valence-corrected chi connectivity index (χ0v) is 19.7. The Kier molecular flexibility index (Phi) is 7.81. The van der Waals surface area contributed by atoms with Gasteiger partial charge in [0.1, 0.15) is 21.7 Å². The van der Waals surface area contributed by atoms with Crippen molar-refractivity contribution in [1.82, 2.24) is 19.9 Å². The van der Waals surface area contributed by atoms with Crippen molar-refractivity contribution in [2.75, 3.05) is 6.54 Å². The lowest BCUT2D eigenvalue weighted by Gasteiger charge is -2.24. The molecule has 3 aromatic rings. The third-order valence-electron chi connectivity index (χ3n) is 4.94. The molecular weight excluding hydrogens is 480 g/mol. The molecule has 3 rings (SSSR count). The van der Waals surface area contributed by atoms with Crippen molar-refractivity contribution in [3.63, 3.8) is 0 Å². The summed E-state index contributed by atoms with van der Waals surface area (Å²) in [6.45, 7) is 7.05. The second-order valence-corrected chi connectivity index (χ2v) is 9.14. The standard InChI is InChI=1S/C22H21ClF4N4OS/c1-4-31(12(2)3)11-18-21(13-5-14(22(25,26)27)7-15(24)6-13)30-20(33-18)8-17(32)16-9-29-19(23)10-28-16/h5-7,9-10,12H,4,8,11H2,1-3H3. The topological polar surface area (TPSA) is 59.0 Å².